The SMILES string of the molecule is CC(C)(C)c1cc(-c2ccc(-c3ncnc(-c4ccc(-c5cc(-c6cc(C(C)(C)C)cc(C(C)(C)C)c6)cc(C(C)(C)C)c5)cc4)n3)cc2)cc(-c2cc(C(C)(C)C)cc(C(C)(C)C)c2)c1. The molecule has 0 aliphatic carbocycles. The lowest BCUT2D eigenvalue weighted by Crippen LogP contribution is -2.16. The van der Waals surface area contributed by atoms with Crippen LogP contribution >= 0.6 is 0 Å². The second-order valence-corrected chi connectivity index (χ2v) is 25.0. The van der Waals surface area contributed by atoms with Gasteiger partial charge in [-0.3, -0.25) is 0 Å². The third-order valence-electron chi connectivity index (χ3n) is 13.1. The summed E-state index contributed by atoms with van der Waals surface area (Å²) in [4.78, 5) is 14.3. The monoisotopic (exact) mass is 874 g/mol. The molecular formula is C63H75N3. The minimum atomic E-state index is -0.0206. The zero-order chi connectivity index (χ0) is 48.4. The van der Waals surface area contributed by atoms with Gasteiger partial charge in [0.15, 0.2) is 11.6 Å². The fraction of sp³-hybridized carbons (Fsp3) is 0.381. The van der Waals surface area contributed by atoms with Crippen molar-refractivity contribution in [1.82, 2.24) is 15.0 Å². The first-order chi connectivity index (χ1) is 30.4. The summed E-state index contributed by atoms with van der Waals surface area (Å²) < 4.78 is 0. The predicted molar refractivity (Wildman–Crippen MR) is 285 cm³/mol. The third-order valence-corrected chi connectivity index (χ3v) is 13.1. The highest BCUT2D eigenvalue weighted by Gasteiger charge is 2.25. The van der Waals surface area contributed by atoms with Gasteiger partial charge in [0, 0.05) is 11.1 Å². The highest BCUT2D eigenvalue weighted by molar-refractivity contribution is 5.79. The van der Waals surface area contributed by atoms with Crippen LogP contribution < -0.4 is 0 Å². The molecule has 7 rings (SSSR count). The Morgan fingerprint density at radius 3 is 0.667 bits per heavy atom. The van der Waals surface area contributed by atoms with Gasteiger partial charge in [0.1, 0.15) is 6.33 Å². The molecule has 3 heteroatoms. The molecule has 0 unspecified atom stereocenters. The summed E-state index contributed by atoms with van der Waals surface area (Å²) >= 11 is 0. The van der Waals surface area contributed by atoms with Gasteiger partial charge in [-0.25, -0.2) is 15.0 Å². The topological polar surface area (TPSA) is 38.7 Å². The number of nitrogens with zero attached hydrogens (tertiary/aromatic N) is 3. The van der Waals surface area contributed by atoms with Gasteiger partial charge >= 0.3 is 0 Å². The van der Waals surface area contributed by atoms with Crippen LogP contribution in [-0.4, -0.2) is 15.0 Å². The van der Waals surface area contributed by atoms with E-state index in [4.69, 9.17) is 4.98 Å². The second kappa shape index (κ2) is 17.2. The maximum absolute atomic E-state index is 5.01. The Morgan fingerprint density at radius 1 is 0.227 bits per heavy atom. The van der Waals surface area contributed by atoms with Crippen molar-refractivity contribution in [3.8, 4) is 67.3 Å². The van der Waals surface area contributed by atoms with Crippen molar-refractivity contribution in [2.24, 2.45) is 0 Å². The Balaban J connectivity index is 1.20. The van der Waals surface area contributed by atoms with Crippen molar-refractivity contribution in [2.75, 3.05) is 0 Å². The van der Waals surface area contributed by atoms with Crippen molar-refractivity contribution in [3.63, 3.8) is 0 Å². The molecule has 66 heavy (non-hydrogen) atoms. The van der Waals surface area contributed by atoms with Gasteiger partial charge in [0.05, 0.1) is 0 Å². The minimum Gasteiger partial charge on any atom is -0.217 e. The number of aromatic nitrogens is 3. The molecular weight excluding hydrogens is 799 g/mol. The van der Waals surface area contributed by atoms with E-state index in [0.29, 0.717) is 11.6 Å². The molecule has 0 aliphatic heterocycles. The molecule has 6 aromatic carbocycles. The zero-order valence-corrected chi connectivity index (χ0v) is 43.5. The second-order valence-electron chi connectivity index (χ2n) is 25.0. The summed E-state index contributed by atoms with van der Waals surface area (Å²) in [5.74, 6) is 1.31. The zero-order valence-electron chi connectivity index (χ0n) is 43.5. The van der Waals surface area contributed by atoms with Crippen LogP contribution in [0.1, 0.15) is 158 Å². The van der Waals surface area contributed by atoms with Crippen molar-refractivity contribution < 1.29 is 0 Å². The molecule has 0 saturated heterocycles. The van der Waals surface area contributed by atoms with Crippen LogP contribution in [0.15, 0.2) is 128 Å². The molecule has 0 spiro atoms. The third kappa shape index (κ3) is 10.9. The lowest BCUT2D eigenvalue weighted by Gasteiger charge is -2.27. The Morgan fingerprint density at radius 2 is 0.424 bits per heavy atom. The average Bonchev–Trinajstić information content (AvgIpc) is 3.24. The first-order valence-corrected chi connectivity index (χ1v) is 24.0. The highest BCUT2D eigenvalue weighted by Crippen LogP contribution is 2.40. The maximum atomic E-state index is 5.01. The van der Waals surface area contributed by atoms with E-state index in [1.54, 1.807) is 6.33 Å². The summed E-state index contributed by atoms with van der Waals surface area (Å²) in [6.45, 7) is 41.5. The van der Waals surface area contributed by atoms with Gasteiger partial charge in [0.2, 0.25) is 0 Å². The van der Waals surface area contributed by atoms with Crippen LogP contribution in [-0.2, 0) is 32.5 Å². The summed E-state index contributed by atoms with van der Waals surface area (Å²) in [5.41, 5.74) is 19.8. The molecule has 0 atom stereocenters. The quantitative estimate of drug-likeness (QED) is 0.167. The molecule has 3 nitrogen and oxygen atoms in total. The van der Waals surface area contributed by atoms with Crippen molar-refractivity contribution >= 4 is 0 Å². The van der Waals surface area contributed by atoms with Crippen molar-refractivity contribution in [2.45, 2.75) is 157 Å². The molecule has 0 bridgehead atoms. The van der Waals surface area contributed by atoms with Gasteiger partial charge in [-0.1, -0.05) is 234 Å². The highest BCUT2D eigenvalue weighted by atomic mass is 15.0. The maximum Gasteiger partial charge on any atom is 0.163 e. The van der Waals surface area contributed by atoms with E-state index in [1.807, 2.05) is 0 Å². The summed E-state index contributed by atoms with van der Waals surface area (Å²) in [6, 6.07) is 46.0. The molecule has 0 saturated carbocycles. The largest absolute Gasteiger partial charge is 0.217 e. The lowest BCUT2D eigenvalue weighted by molar-refractivity contribution is 0.568. The first kappa shape index (κ1) is 48.3. The minimum absolute atomic E-state index is 0.0206. The van der Waals surface area contributed by atoms with E-state index in [1.165, 1.54) is 66.8 Å². The standard InChI is InChI=1S/C63H75N3/c1-58(2,3)50-29-44(27-46(31-50)48-33-52(60(7,8)9)37-53(34-48)61(10,11)12)40-19-23-42(24-20-40)56-64-39-65-57(66-56)43-25-21-41(22-26-43)45-28-47(32-51(30-45)59(4,5)6)49-35-54(62(13,14)15)38-55(36-49)63(16,17)18/h19-39H,1-18H3. The summed E-state index contributed by atoms with van der Waals surface area (Å²) in [6.07, 6.45) is 1.63. The van der Waals surface area contributed by atoms with Crippen LogP contribution in [0.4, 0.5) is 0 Å². The molecule has 1 heterocycles. The van der Waals surface area contributed by atoms with Crippen molar-refractivity contribution in [1.29, 1.82) is 0 Å². The van der Waals surface area contributed by atoms with Crippen LogP contribution in [0.5, 0.6) is 0 Å². The Hall–Kier alpha value is -5.67. The van der Waals surface area contributed by atoms with E-state index in [2.05, 4.69) is 256 Å². The van der Waals surface area contributed by atoms with Crippen molar-refractivity contribution in [3.05, 3.63) is 161 Å². The number of rotatable bonds is 6. The summed E-state index contributed by atoms with van der Waals surface area (Å²) in [5, 5.41) is 0. The molecule has 0 radical (unpaired) electrons. The molecule has 342 valence electrons. The molecule has 0 amide bonds. The van der Waals surface area contributed by atoms with Gasteiger partial charge in [-0.15, -0.1) is 0 Å². The average molecular weight is 874 g/mol. The predicted octanol–water partition coefficient (Wildman–Crippen LogP) is 17.7. The van der Waals surface area contributed by atoms with E-state index >= 15 is 0 Å². The van der Waals surface area contributed by atoms with E-state index in [0.717, 1.165) is 22.3 Å². The number of hydrogen-bond donors (Lipinski definition) is 0. The van der Waals surface area contributed by atoms with Gasteiger partial charge in [0.25, 0.3) is 0 Å². The van der Waals surface area contributed by atoms with Crippen LogP contribution in [0.2, 0.25) is 0 Å². The van der Waals surface area contributed by atoms with E-state index in [-0.39, 0.29) is 32.5 Å². The molecule has 0 N–H and O–H groups in total. The van der Waals surface area contributed by atoms with Crippen LogP contribution in [0, 0.1) is 0 Å². The molecule has 7 aromatic rings. The summed E-state index contributed by atoms with van der Waals surface area (Å²) in [7, 11) is 0. The first-order valence-electron chi connectivity index (χ1n) is 24.0. The molecule has 1 aromatic heterocycles. The number of benzene rings is 6. The van der Waals surface area contributed by atoms with Crippen LogP contribution in [0.25, 0.3) is 67.3 Å². The van der Waals surface area contributed by atoms with Gasteiger partial charge in [-0.2, -0.15) is 0 Å². The normalized spacial score (nSPS) is 13.0. The Bertz CT molecular complexity index is 2610. The van der Waals surface area contributed by atoms with E-state index in [9.17, 15) is 0 Å². The van der Waals surface area contributed by atoms with Crippen LogP contribution in [0.3, 0.4) is 0 Å². The van der Waals surface area contributed by atoms with Gasteiger partial charge < -0.3 is 0 Å². The Labute approximate surface area is 398 Å². The molecule has 0 aliphatic rings. The van der Waals surface area contributed by atoms with E-state index < -0.39 is 0 Å². The Kier molecular flexibility index (Phi) is 12.6. The van der Waals surface area contributed by atoms with Gasteiger partial charge in [-0.05, 0) is 123 Å². The smallest absolute Gasteiger partial charge is 0.163 e. The lowest BCUT2D eigenvalue weighted by atomic mass is 9.78. The molecule has 0 fully saturated rings. The fourth-order valence-corrected chi connectivity index (χ4v) is 8.31. The fourth-order valence-electron chi connectivity index (χ4n) is 8.31. The number of hydrogen-bond acceptors (Lipinski definition) is 3.